The molecule has 0 spiro atoms. The van der Waals surface area contributed by atoms with Gasteiger partial charge in [0.1, 0.15) is 11.6 Å². The molecule has 4 nitrogen and oxygen atoms in total. The maximum atomic E-state index is 12.0. The van der Waals surface area contributed by atoms with Crippen LogP contribution in [0.5, 0.6) is 5.75 Å². The second-order valence-electron chi connectivity index (χ2n) is 3.83. The molecule has 0 aliphatic heterocycles. The zero-order valence-electron chi connectivity index (χ0n) is 9.90. The zero-order chi connectivity index (χ0) is 14.0. The second-order valence-corrected chi connectivity index (χ2v) is 3.83. The average Bonchev–Trinajstić information content (AvgIpc) is 2.26. The summed E-state index contributed by atoms with van der Waals surface area (Å²) in [7, 11) is 0. The third-order valence-corrected chi connectivity index (χ3v) is 2.22. The van der Waals surface area contributed by atoms with Crippen molar-refractivity contribution in [2.75, 3.05) is 5.73 Å². The average molecular weight is 269 g/mol. The highest BCUT2D eigenvalue weighted by molar-refractivity contribution is 5.58. The highest BCUT2D eigenvalue weighted by Gasteiger charge is 2.30. The number of rotatable bonds is 2. The van der Waals surface area contributed by atoms with Crippen LogP contribution in [0.4, 0.5) is 19.0 Å². The summed E-state index contributed by atoms with van der Waals surface area (Å²) in [4.78, 5) is 8.17. The first-order valence-corrected chi connectivity index (χ1v) is 5.31. The van der Waals surface area contributed by atoms with Crippen molar-refractivity contribution in [2.24, 2.45) is 0 Å². The third-order valence-electron chi connectivity index (χ3n) is 2.22. The Labute approximate surface area is 107 Å². The number of ether oxygens (including phenoxy) is 1. The quantitative estimate of drug-likeness (QED) is 0.910. The summed E-state index contributed by atoms with van der Waals surface area (Å²) in [6.45, 7) is 1.75. The Morgan fingerprint density at radius 2 is 1.74 bits per heavy atom. The van der Waals surface area contributed by atoms with Crippen LogP contribution in [0.3, 0.4) is 0 Å². The molecule has 19 heavy (non-hydrogen) atoms. The van der Waals surface area contributed by atoms with Crippen molar-refractivity contribution >= 4 is 5.82 Å². The van der Waals surface area contributed by atoms with Gasteiger partial charge in [0, 0.05) is 17.3 Å². The molecular weight excluding hydrogens is 259 g/mol. The Kier molecular flexibility index (Phi) is 3.28. The molecule has 1 aromatic heterocycles. The maximum Gasteiger partial charge on any atom is 0.573 e. The lowest BCUT2D eigenvalue weighted by Crippen LogP contribution is -2.16. The largest absolute Gasteiger partial charge is 0.573 e. The number of nitrogen functional groups attached to an aromatic ring is 1. The first kappa shape index (κ1) is 13.1. The van der Waals surface area contributed by atoms with Gasteiger partial charge in [-0.2, -0.15) is 0 Å². The van der Waals surface area contributed by atoms with Crippen LogP contribution < -0.4 is 10.5 Å². The van der Waals surface area contributed by atoms with Crippen molar-refractivity contribution < 1.29 is 17.9 Å². The number of alkyl halides is 3. The number of nitrogens with zero attached hydrogens (tertiary/aromatic N) is 2. The highest BCUT2D eigenvalue weighted by atomic mass is 19.4. The first-order valence-electron chi connectivity index (χ1n) is 5.31. The molecule has 0 aliphatic rings. The number of anilines is 1. The van der Waals surface area contributed by atoms with Crippen LogP contribution in [-0.2, 0) is 0 Å². The van der Waals surface area contributed by atoms with Crippen molar-refractivity contribution in [2.45, 2.75) is 13.3 Å². The normalized spacial score (nSPS) is 11.4. The van der Waals surface area contributed by atoms with Crippen molar-refractivity contribution in [3.05, 3.63) is 36.0 Å². The van der Waals surface area contributed by atoms with E-state index in [9.17, 15) is 13.2 Å². The molecule has 0 atom stereocenters. The third kappa shape index (κ3) is 3.57. The monoisotopic (exact) mass is 269 g/mol. The molecule has 0 bridgehead atoms. The van der Waals surface area contributed by atoms with E-state index < -0.39 is 6.36 Å². The maximum absolute atomic E-state index is 12.0. The molecule has 0 amide bonds. The molecule has 0 saturated heterocycles. The molecule has 0 saturated carbocycles. The van der Waals surface area contributed by atoms with Gasteiger partial charge >= 0.3 is 6.36 Å². The fraction of sp³-hybridized carbons (Fsp3) is 0.167. The highest BCUT2D eigenvalue weighted by Crippen LogP contribution is 2.25. The number of aryl methyl sites for hydroxylation is 1. The Balaban J connectivity index is 2.27. The van der Waals surface area contributed by atoms with Crippen LogP contribution in [0.2, 0.25) is 0 Å². The van der Waals surface area contributed by atoms with Gasteiger partial charge in [-0.25, -0.2) is 9.97 Å². The number of hydrogen-bond acceptors (Lipinski definition) is 4. The summed E-state index contributed by atoms with van der Waals surface area (Å²) in [6.07, 6.45) is -4.70. The molecule has 7 heteroatoms. The molecule has 0 radical (unpaired) electrons. The minimum atomic E-state index is -4.70. The van der Waals surface area contributed by atoms with Gasteiger partial charge < -0.3 is 10.5 Å². The van der Waals surface area contributed by atoms with Crippen molar-refractivity contribution in [1.29, 1.82) is 0 Å². The fourth-order valence-corrected chi connectivity index (χ4v) is 1.53. The molecule has 2 rings (SSSR count). The van der Waals surface area contributed by atoms with Crippen LogP contribution in [0.25, 0.3) is 11.4 Å². The van der Waals surface area contributed by atoms with Crippen molar-refractivity contribution in [3.8, 4) is 17.1 Å². The van der Waals surface area contributed by atoms with E-state index in [1.165, 1.54) is 24.3 Å². The molecule has 2 aromatic rings. The van der Waals surface area contributed by atoms with E-state index in [0.29, 0.717) is 22.9 Å². The van der Waals surface area contributed by atoms with Gasteiger partial charge in [0.15, 0.2) is 5.82 Å². The van der Waals surface area contributed by atoms with Gasteiger partial charge in [-0.1, -0.05) is 0 Å². The summed E-state index contributed by atoms with van der Waals surface area (Å²) >= 11 is 0. The van der Waals surface area contributed by atoms with Crippen LogP contribution in [0.1, 0.15) is 5.69 Å². The van der Waals surface area contributed by atoms with Crippen LogP contribution in [0, 0.1) is 6.92 Å². The number of hydrogen-bond donors (Lipinski definition) is 1. The number of halogens is 3. The Bertz CT molecular complexity index is 562. The second kappa shape index (κ2) is 4.75. The Morgan fingerprint density at radius 1 is 1.11 bits per heavy atom. The van der Waals surface area contributed by atoms with Gasteiger partial charge in [0.2, 0.25) is 0 Å². The Hall–Kier alpha value is -2.31. The SMILES string of the molecule is Cc1cc(N)nc(-c2ccc(OC(F)(F)F)cc2)n1. The molecule has 100 valence electrons. The van der Waals surface area contributed by atoms with E-state index in [-0.39, 0.29) is 5.75 Å². The minimum absolute atomic E-state index is 0.295. The van der Waals surface area contributed by atoms with Crippen LogP contribution >= 0.6 is 0 Å². The topological polar surface area (TPSA) is 61.0 Å². The Morgan fingerprint density at radius 3 is 2.26 bits per heavy atom. The lowest BCUT2D eigenvalue weighted by molar-refractivity contribution is -0.274. The summed E-state index contributed by atoms with van der Waals surface area (Å²) in [5.41, 5.74) is 6.82. The number of aromatic nitrogens is 2. The lowest BCUT2D eigenvalue weighted by atomic mass is 10.2. The summed E-state index contributed by atoms with van der Waals surface area (Å²) in [5, 5.41) is 0. The van der Waals surface area contributed by atoms with E-state index in [2.05, 4.69) is 14.7 Å². The van der Waals surface area contributed by atoms with E-state index >= 15 is 0 Å². The van der Waals surface area contributed by atoms with Gasteiger partial charge in [-0.3, -0.25) is 0 Å². The summed E-state index contributed by atoms with van der Waals surface area (Å²) in [5.74, 6) is 0.367. The van der Waals surface area contributed by atoms with Crippen LogP contribution in [0.15, 0.2) is 30.3 Å². The molecule has 0 aliphatic carbocycles. The predicted octanol–water partition coefficient (Wildman–Crippen LogP) is 2.93. The van der Waals surface area contributed by atoms with Gasteiger partial charge in [-0.15, -0.1) is 13.2 Å². The van der Waals surface area contributed by atoms with Gasteiger partial charge in [0.25, 0.3) is 0 Å². The standard InChI is InChI=1S/C12H10F3N3O/c1-7-6-10(16)18-11(17-7)8-2-4-9(5-3-8)19-12(13,14)15/h2-6H,1H3,(H2,16,17,18). The predicted molar refractivity (Wildman–Crippen MR) is 63.3 cm³/mol. The van der Waals surface area contributed by atoms with E-state index in [1.807, 2.05) is 0 Å². The molecule has 0 fully saturated rings. The first-order chi connectivity index (χ1) is 8.83. The number of benzene rings is 1. The van der Waals surface area contributed by atoms with E-state index in [1.54, 1.807) is 13.0 Å². The van der Waals surface area contributed by atoms with E-state index in [0.717, 1.165) is 0 Å². The zero-order valence-corrected chi connectivity index (χ0v) is 9.90. The van der Waals surface area contributed by atoms with Crippen molar-refractivity contribution in [3.63, 3.8) is 0 Å². The van der Waals surface area contributed by atoms with Crippen LogP contribution in [-0.4, -0.2) is 16.3 Å². The number of nitrogens with two attached hydrogens (primary N) is 1. The smallest absolute Gasteiger partial charge is 0.406 e. The summed E-state index contributed by atoms with van der Waals surface area (Å²) < 4.78 is 39.8. The minimum Gasteiger partial charge on any atom is -0.406 e. The lowest BCUT2D eigenvalue weighted by Gasteiger charge is -2.09. The van der Waals surface area contributed by atoms with E-state index in [4.69, 9.17) is 5.73 Å². The molecule has 1 aromatic carbocycles. The van der Waals surface area contributed by atoms with Crippen molar-refractivity contribution in [1.82, 2.24) is 9.97 Å². The fourth-order valence-electron chi connectivity index (χ4n) is 1.53. The molecule has 1 heterocycles. The molecular formula is C12H10F3N3O. The molecule has 2 N–H and O–H groups in total. The van der Waals surface area contributed by atoms with Gasteiger partial charge in [0.05, 0.1) is 0 Å². The van der Waals surface area contributed by atoms with Gasteiger partial charge in [-0.05, 0) is 31.2 Å². The summed E-state index contributed by atoms with van der Waals surface area (Å²) in [6, 6.07) is 6.88. The molecule has 0 unspecified atom stereocenters.